The zero-order chi connectivity index (χ0) is 11.0. The highest BCUT2D eigenvalue weighted by Crippen LogP contribution is 2.31. The van der Waals surface area contributed by atoms with Crippen LogP contribution in [0.2, 0.25) is 5.28 Å². The average molecular weight is 229 g/mol. The van der Waals surface area contributed by atoms with Gasteiger partial charge in [-0.05, 0) is 31.4 Å². The van der Waals surface area contributed by atoms with Crippen LogP contribution in [0.25, 0.3) is 0 Å². The molecule has 1 aromatic heterocycles. The molecule has 2 rings (SSSR count). The van der Waals surface area contributed by atoms with E-state index in [9.17, 15) is 10.1 Å². The first-order valence-corrected chi connectivity index (χ1v) is 4.91. The third-order valence-electron chi connectivity index (χ3n) is 2.13. The Morgan fingerprint density at radius 1 is 1.53 bits per heavy atom. The quantitative estimate of drug-likeness (QED) is 0.486. The van der Waals surface area contributed by atoms with E-state index >= 15 is 0 Å². The van der Waals surface area contributed by atoms with Gasteiger partial charge >= 0.3 is 5.69 Å². The number of aromatic nitrogens is 2. The monoisotopic (exact) mass is 228 g/mol. The van der Waals surface area contributed by atoms with Crippen LogP contribution in [-0.4, -0.2) is 20.9 Å². The molecule has 0 atom stereocenters. The zero-order valence-electron chi connectivity index (χ0n) is 8.03. The van der Waals surface area contributed by atoms with E-state index in [2.05, 4.69) is 15.3 Å². The van der Waals surface area contributed by atoms with Gasteiger partial charge in [0.25, 0.3) is 0 Å². The summed E-state index contributed by atoms with van der Waals surface area (Å²) in [6.07, 6.45) is 2.02. The van der Waals surface area contributed by atoms with Crippen molar-refractivity contribution in [3.05, 3.63) is 21.1 Å². The number of nitro groups is 1. The predicted molar refractivity (Wildman–Crippen MR) is 55.1 cm³/mol. The lowest BCUT2D eigenvalue weighted by Gasteiger charge is -2.05. The Bertz CT molecular complexity index is 419. The summed E-state index contributed by atoms with van der Waals surface area (Å²) in [5.41, 5.74) is 0.189. The molecule has 80 valence electrons. The van der Waals surface area contributed by atoms with Crippen molar-refractivity contribution in [3.63, 3.8) is 0 Å². The van der Waals surface area contributed by atoms with Crippen molar-refractivity contribution in [1.82, 2.24) is 9.97 Å². The second-order valence-corrected chi connectivity index (χ2v) is 3.79. The van der Waals surface area contributed by atoms with Crippen LogP contribution in [0.3, 0.4) is 0 Å². The molecular formula is C8H9ClN4O2. The molecule has 0 aromatic carbocycles. The van der Waals surface area contributed by atoms with Gasteiger partial charge in [0, 0.05) is 6.04 Å². The van der Waals surface area contributed by atoms with Crippen molar-refractivity contribution < 1.29 is 4.92 Å². The van der Waals surface area contributed by atoms with E-state index in [0.29, 0.717) is 0 Å². The molecule has 1 aromatic rings. The smallest absolute Gasteiger partial charge is 0.332 e. The van der Waals surface area contributed by atoms with Crippen LogP contribution in [0, 0.1) is 17.0 Å². The Hall–Kier alpha value is -1.43. The van der Waals surface area contributed by atoms with Crippen LogP contribution in [0.15, 0.2) is 0 Å². The Kier molecular flexibility index (Phi) is 2.44. The normalized spacial score (nSPS) is 15.1. The molecule has 1 saturated carbocycles. The number of aryl methyl sites for hydroxylation is 1. The zero-order valence-corrected chi connectivity index (χ0v) is 8.78. The summed E-state index contributed by atoms with van der Waals surface area (Å²) < 4.78 is 0. The minimum Gasteiger partial charge on any atom is -0.361 e. The maximum absolute atomic E-state index is 10.8. The number of hydrogen-bond acceptors (Lipinski definition) is 5. The number of nitrogens with zero attached hydrogens (tertiary/aromatic N) is 3. The van der Waals surface area contributed by atoms with E-state index in [1.807, 2.05) is 0 Å². The van der Waals surface area contributed by atoms with Crippen molar-refractivity contribution >= 4 is 23.1 Å². The van der Waals surface area contributed by atoms with Crippen molar-refractivity contribution in [2.75, 3.05) is 5.32 Å². The van der Waals surface area contributed by atoms with E-state index in [0.717, 1.165) is 12.8 Å². The first kappa shape index (κ1) is 10.1. The molecular weight excluding hydrogens is 220 g/mol. The highest BCUT2D eigenvalue weighted by atomic mass is 35.5. The minimum absolute atomic E-state index is 0.0289. The molecule has 1 aliphatic carbocycles. The largest absolute Gasteiger partial charge is 0.361 e. The van der Waals surface area contributed by atoms with Gasteiger partial charge in [-0.3, -0.25) is 10.1 Å². The molecule has 1 fully saturated rings. The van der Waals surface area contributed by atoms with E-state index in [-0.39, 0.29) is 28.5 Å². The summed E-state index contributed by atoms with van der Waals surface area (Å²) >= 11 is 5.65. The fraction of sp³-hybridized carbons (Fsp3) is 0.500. The highest BCUT2D eigenvalue weighted by Gasteiger charge is 2.28. The third-order valence-corrected chi connectivity index (χ3v) is 2.30. The molecule has 1 aliphatic rings. The fourth-order valence-corrected chi connectivity index (χ4v) is 1.48. The molecule has 15 heavy (non-hydrogen) atoms. The average Bonchev–Trinajstić information content (AvgIpc) is 2.85. The maximum Gasteiger partial charge on any atom is 0.332 e. The Balaban J connectivity index is 2.42. The molecule has 0 bridgehead atoms. The summed E-state index contributed by atoms with van der Waals surface area (Å²) in [5.74, 6) is 0.222. The molecule has 0 saturated heterocycles. The minimum atomic E-state index is -0.490. The van der Waals surface area contributed by atoms with E-state index in [4.69, 9.17) is 11.6 Å². The van der Waals surface area contributed by atoms with Gasteiger partial charge in [0.15, 0.2) is 0 Å². The number of anilines is 1. The Morgan fingerprint density at radius 3 is 2.73 bits per heavy atom. The van der Waals surface area contributed by atoms with E-state index in [1.54, 1.807) is 6.92 Å². The number of nitrogens with one attached hydrogen (secondary N) is 1. The first-order chi connectivity index (χ1) is 7.08. The fourth-order valence-electron chi connectivity index (χ4n) is 1.27. The van der Waals surface area contributed by atoms with Gasteiger partial charge in [0.05, 0.1) is 4.92 Å². The summed E-state index contributed by atoms with van der Waals surface area (Å²) in [5, 5.41) is 13.8. The molecule has 6 nitrogen and oxygen atoms in total. The Labute approximate surface area is 90.8 Å². The second kappa shape index (κ2) is 3.62. The van der Waals surface area contributed by atoms with Gasteiger partial charge in [-0.1, -0.05) is 0 Å². The summed E-state index contributed by atoms with van der Waals surface area (Å²) in [7, 11) is 0. The van der Waals surface area contributed by atoms with Gasteiger partial charge in [-0.25, -0.2) is 4.98 Å². The van der Waals surface area contributed by atoms with Crippen molar-refractivity contribution in [2.45, 2.75) is 25.8 Å². The second-order valence-electron chi connectivity index (χ2n) is 3.45. The summed E-state index contributed by atoms with van der Waals surface area (Å²) in [6.45, 7) is 1.55. The standard InChI is InChI=1S/C8H9ClN4O2/c1-4-6(13(14)15)7(11-5-2-3-5)12-8(9)10-4/h5H,2-3H2,1H3,(H,10,11,12). The van der Waals surface area contributed by atoms with Crippen LogP contribution in [-0.2, 0) is 0 Å². The molecule has 0 radical (unpaired) electrons. The summed E-state index contributed by atoms with van der Waals surface area (Å²) in [4.78, 5) is 17.9. The van der Waals surface area contributed by atoms with Gasteiger partial charge in [0.2, 0.25) is 11.1 Å². The van der Waals surface area contributed by atoms with Crippen LogP contribution in [0.4, 0.5) is 11.5 Å². The van der Waals surface area contributed by atoms with Crippen LogP contribution in [0.1, 0.15) is 18.5 Å². The number of hydrogen-bond donors (Lipinski definition) is 1. The van der Waals surface area contributed by atoms with Gasteiger partial charge < -0.3 is 5.32 Å². The van der Waals surface area contributed by atoms with Gasteiger partial charge in [-0.15, -0.1) is 0 Å². The lowest BCUT2D eigenvalue weighted by molar-refractivity contribution is -0.385. The van der Waals surface area contributed by atoms with Gasteiger partial charge in [0.1, 0.15) is 5.69 Å². The van der Waals surface area contributed by atoms with E-state index in [1.165, 1.54) is 0 Å². The highest BCUT2D eigenvalue weighted by molar-refractivity contribution is 6.28. The first-order valence-electron chi connectivity index (χ1n) is 4.53. The van der Waals surface area contributed by atoms with Crippen molar-refractivity contribution in [1.29, 1.82) is 0 Å². The summed E-state index contributed by atoms with van der Waals surface area (Å²) in [6, 6.07) is 0.286. The number of rotatable bonds is 3. The van der Waals surface area contributed by atoms with Crippen molar-refractivity contribution in [2.24, 2.45) is 0 Å². The molecule has 0 spiro atoms. The molecule has 1 heterocycles. The number of halogens is 1. The predicted octanol–water partition coefficient (Wildman–Crippen LogP) is 1.92. The molecule has 0 unspecified atom stereocenters. The molecule has 0 amide bonds. The van der Waals surface area contributed by atoms with Crippen LogP contribution < -0.4 is 5.32 Å². The lowest BCUT2D eigenvalue weighted by atomic mass is 10.3. The van der Waals surface area contributed by atoms with Gasteiger partial charge in [-0.2, -0.15) is 4.98 Å². The topological polar surface area (TPSA) is 81.0 Å². The van der Waals surface area contributed by atoms with Crippen LogP contribution >= 0.6 is 11.6 Å². The maximum atomic E-state index is 10.8. The van der Waals surface area contributed by atoms with E-state index < -0.39 is 4.92 Å². The van der Waals surface area contributed by atoms with Crippen molar-refractivity contribution in [3.8, 4) is 0 Å². The molecule has 1 N–H and O–H groups in total. The molecule has 7 heteroatoms. The molecule has 0 aliphatic heterocycles. The van der Waals surface area contributed by atoms with Crippen LogP contribution in [0.5, 0.6) is 0 Å². The third kappa shape index (κ3) is 2.15. The Morgan fingerprint density at radius 2 is 2.20 bits per heavy atom. The SMILES string of the molecule is Cc1nc(Cl)nc(NC2CC2)c1[N+](=O)[O-]. The lowest BCUT2D eigenvalue weighted by Crippen LogP contribution is -2.09.